The van der Waals surface area contributed by atoms with Crippen molar-refractivity contribution in [1.82, 2.24) is 5.32 Å². The number of allylic oxidation sites excluding steroid dienone is 1. The second-order valence-electron chi connectivity index (χ2n) is 2.37. The highest BCUT2D eigenvalue weighted by Crippen LogP contribution is 2.15. The van der Waals surface area contributed by atoms with Gasteiger partial charge in [0.05, 0.1) is 5.70 Å². The molecule has 0 aromatic carbocycles. The molecule has 1 saturated heterocycles. The van der Waals surface area contributed by atoms with Crippen LogP contribution in [0, 0.1) is 5.92 Å². The van der Waals surface area contributed by atoms with Crippen molar-refractivity contribution in [2.45, 2.75) is 6.42 Å². The first kappa shape index (κ1) is 6.95. The molecular weight excluding hydrogens is 122 g/mol. The van der Waals surface area contributed by atoms with Crippen LogP contribution in [0.5, 0.6) is 0 Å². The molecule has 0 aliphatic carbocycles. The molecule has 1 heteroatoms. The van der Waals surface area contributed by atoms with E-state index < -0.39 is 0 Å². The Morgan fingerprint density at radius 1 is 1.60 bits per heavy atom. The fourth-order valence-corrected chi connectivity index (χ4v) is 1.08. The number of rotatable bonds is 1. The smallest absolute Gasteiger partial charge is 0.0538 e. The largest absolute Gasteiger partial charge is 0.381 e. The second-order valence-corrected chi connectivity index (χ2v) is 2.37. The molecule has 0 aromatic rings. The van der Waals surface area contributed by atoms with Gasteiger partial charge in [-0.15, -0.1) is 11.5 Å². The van der Waals surface area contributed by atoms with Crippen LogP contribution in [0.1, 0.15) is 6.42 Å². The lowest BCUT2D eigenvalue weighted by Crippen LogP contribution is -2.05. The van der Waals surface area contributed by atoms with Gasteiger partial charge in [0.15, 0.2) is 0 Å². The predicted molar refractivity (Wildman–Crippen MR) is 42.5 cm³/mol. The Balaban J connectivity index is 2.58. The predicted octanol–water partition coefficient (Wildman–Crippen LogP) is 1.61. The first-order valence-electron chi connectivity index (χ1n) is 3.35. The zero-order valence-corrected chi connectivity index (χ0v) is 5.98. The Bertz CT molecular complexity index is 215. The van der Waals surface area contributed by atoms with Gasteiger partial charge in [0.2, 0.25) is 0 Å². The Hall–Kier alpha value is -1.16. The van der Waals surface area contributed by atoms with Crippen molar-refractivity contribution in [3.63, 3.8) is 0 Å². The van der Waals surface area contributed by atoms with E-state index in [0.29, 0.717) is 5.92 Å². The Morgan fingerprint density at radius 3 is 2.90 bits per heavy atom. The van der Waals surface area contributed by atoms with Crippen molar-refractivity contribution in [3.8, 4) is 0 Å². The molecule has 0 radical (unpaired) electrons. The average Bonchev–Trinajstić information content (AvgIpc) is 2.37. The Kier molecular flexibility index (Phi) is 2.17. The second kappa shape index (κ2) is 3.12. The van der Waals surface area contributed by atoms with Gasteiger partial charge >= 0.3 is 0 Å². The third kappa shape index (κ3) is 1.41. The molecule has 0 amide bonds. The van der Waals surface area contributed by atoms with E-state index in [1.165, 1.54) is 0 Å². The number of hydrogen-bond acceptors (Lipinski definition) is 1. The highest BCUT2D eigenvalue weighted by Gasteiger charge is 2.14. The molecule has 1 fully saturated rings. The topological polar surface area (TPSA) is 12.0 Å². The number of nitrogens with one attached hydrogen (secondary N) is 1. The van der Waals surface area contributed by atoms with E-state index in [2.05, 4.69) is 29.9 Å². The molecule has 1 nitrogen and oxygen atoms in total. The van der Waals surface area contributed by atoms with Gasteiger partial charge in [-0.25, -0.2) is 0 Å². The Labute approximate surface area is 61.4 Å². The van der Waals surface area contributed by atoms with E-state index in [4.69, 9.17) is 0 Å². The molecule has 0 saturated carbocycles. The van der Waals surface area contributed by atoms with Gasteiger partial charge in [-0.3, -0.25) is 0 Å². The summed E-state index contributed by atoms with van der Waals surface area (Å²) in [6, 6.07) is 0. The molecule has 1 atom stereocenters. The van der Waals surface area contributed by atoms with Crippen LogP contribution in [-0.2, 0) is 0 Å². The van der Waals surface area contributed by atoms with Crippen LogP contribution in [0.4, 0.5) is 0 Å². The van der Waals surface area contributed by atoms with Crippen LogP contribution in [0.2, 0.25) is 0 Å². The zero-order valence-electron chi connectivity index (χ0n) is 5.98. The van der Waals surface area contributed by atoms with E-state index in [-0.39, 0.29) is 0 Å². The maximum absolute atomic E-state index is 3.56. The van der Waals surface area contributed by atoms with Gasteiger partial charge in [0, 0.05) is 18.9 Å². The summed E-state index contributed by atoms with van der Waals surface area (Å²) in [4.78, 5) is 0. The van der Waals surface area contributed by atoms with Gasteiger partial charge in [-0.05, 0) is 6.08 Å². The maximum Gasteiger partial charge on any atom is 0.0538 e. The van der Waals surface area contributed by atoms with E-state index in [1.807, 2.05) is 6.08 Å². The summed E-state index contributed by atoms with van der Waals surface area (Å²) in [6.45, 7) is 8.06. The third-order valence-corrected chi connectivity index (χ3v) is 1.61. The van der Waals surface area contributed by atoms with Gasteiger partial charge in [-0.2, -0.15) is 0 Å². The van der Waals surface area contributed by atoms with Crippen LogP contribution in [0.3, 0.4) is 0 Å². The maximum atomic E-state index is 3.56. The molecule has 1 N–H and O–H groups in total. The van der Waals surface area contributed by atoms with Crippen molar-refractivity contribution in [1.29, 1.82) is 0 Å². The fraction of sp³-hybridized carbons (Fsp3) is 0.333. The van der Waals surface area contributed by atoms with Crippen LogP contribution in [0.15, 0.2) is 36.4 Å². The molecular formula is C9H11N. The molecule has 0 aromatic heterocycles. The minimum atomic E-state index is 0.543. The monoisotopic (exact) mass is 133 g/mol. The van der Waals surface area contributed by atoms with Crippen molar-refractivity contribution in [3.05, 3.63) is 36.4 Å². The minimum Gasteiger partial charge on any atom is -0.381 e. The molecule has 1 aliphatic heterocycles. The summed E-state index contributed by atoms with van der Waals surface area (Å²) in [7, 11) is 0. The van der Waals surface area contributed by atoms with Crippen LogP contribution in [-0.4, -0.2) is 6.54 Å². The Morgan fingerprint density at radius 2 is 2.40 bits per heavy atom. The summed E-state index contributed by atoms with van der Waals surface area (Å²) < 4.78 is 0. The highest BCUT2D eigenvalue weighted by molar-refractivity contribution is 5.08. The fourth-order valence-electron chi connectivity index (χ4n) is 1.08. The summed E-state index contributed by atoms with van der Waals surface area (Å²) in [6.07, 6.45) is 2.99. The highest BCUT2D eigenvalue weighted by atomic mass is 14.9. The van der Waals surface area contributed by atoms with Crippen molar-refractivity contribution in [2.75, 3.05) is 6.54 Å². The minimum absolute atomic E-state index is 0.543. The van der Waals surface area contributed by atoms with E-state index in [9.17, 15) is 0 Å². The van der Waals surface area contributed by atoms with Crippen molar-refractivity contribution < 1.29 is 0 Å². The van der Waals surface area contributed by atoms with Crippen LogP contribution < -0.4 is 5.32 Å². The molecule has 0 unspecified atom stereocenters. The number of hydrogen-bond donors (Lipinski definition) is 1. The average molecular weight is 133 g/mol. The van der Waals surface area contributed by atoms with Gasteiger partial charge < -0.3 is 5.32 Å². The lowest BCUT2D eigenvalue weighted by Gasteiger charge is -1.92. The van der Waals surface area contributed by atoms with Gasteiger partial charge in [-0.1, -0.05) is 13.2 Å². The summed E-state index contributed by atoms with van der Waals surface area (Å²) >= 11 is 0. The summed E-state index contributed by atoms with van der Waals surface area (Å²) in [5, 5.41) is 3.19. The molecule has 1 heterocycles. The first-order valence-corrected chi connectivity index (χ1v) is 3.35. The van der Waals surface area contributed by atoms with Crippen LogP contribution in [0.25, 0.3) is 0 Å². The third-order valence-electron chi connectivity index (χ3n) is 1.61. The summed E-state index contributed by atoms with van der Waals surface area (Å²) in [5.41, 5.74) is 6.73. The first-order chi connectivity index (χ1) is 4.86. The molecule has 10 heavy (non-hydrogen) atoms. The van der Waals surface area contributed by atoms with E-state index in [0.717, 1.165) is 18.7 Å². The quantitative estimate of drug-likeness (QED) is 0.536. The molecule has 0 spiro atoms. The van der Waals surface area contributed by atoms with Gasteiger partial charge in [0.25, 0.3) is 0 Å². The standard InChI is InChI=1S/C9H11N/c1-3-5-8-6-9(4-2)10-7-8/h5,8,10H,1-2,6-7H2/t8-/m1/s1. The van der Waals surface area contributed by atoms with E-state index in [1.54, 1.807) is 0 Å². The summed E-state index contributed by atoms with van der Waals surface area (Å²) in [5.74, 6) is 0.543. The SMILES string of the molecule is C=C=C[C@H]1CNC(=C=C)C1. The molecule has 52 valence electrons. The van der Waals surface area contributed by atoms with Crippen molar-refractivity contribution >= 4 is 0 Å². The van der Waals surface area contributed by atoms with Gasteiger partial charge in [0.1, 0.15) is 0 Å². The lowest BCUT2D eigenvalue weighted by molar-refractivity contribution is 0.731. The van der Waals surface area contributed by atoms with Crippen LogP contribution >= 0.6 is 0 Å². The molecule has 1 rings (SSSR count). The molecule has 1 aliphatic rings. The lowest BCUT2D eigenvalue weighted by atomic mass is 10.1. The van der Waals surface area contributed by atoms with Crippen molar-refractivity contribution in [2.24, 2.45) is 5.92 Å². The molecule has 0 bridgehead atoms. The normalized spacial score (nSPS) is 22.8. The zero-order chi connectivity index (χ0) is 7.40. The van der Waals surface area contributed by atoms with E-state index >= 15 is 0 Å².